The number of hydrogen-bond acceptors (Lipinski definition) is 3. The molecule has 1 aromatic rings. The molecule has 0 bridgehead atoms. The highest BCUT2D eigenvalue weighted by Crippen LogP contribution is 2.37. The molecule has 3 nitrogen and oxygen atoms in total. The number of rotatable bonds is 1. The van der Waals surface area contributed by atoms with Crippen LogP contribution in [0.5, 0.6) is 11.5 Å². The average molecular weight is 262 g/mol. The van der Waals surface area contributed by atoms with Crippen molar-refractivity contribution in [3.63, 3.8) is 0 Å². The fourth-order valence-electron chi connectivity index (χ4n) is 1.56. The molecule has 18 heavy (non-hydrogen) atoms. The van der Waals surface area contributed by atoms with E-state index in [0.29, 0.717) is 22.3 Å². The molecule has 1 rings (SSSR count). The molecule has 0 fully saturated rings. The second-order valence-corrected chi connectivity index (χ2v) is 4.07. The first kappa shape index (κ1) is 14.3. The van der Waals surface area contributed by atoms with Gasteiger partial charge >= 0.3 is 12.1 Å². The summed E-state index contributed by atoms with van der Waals surface area (Å²) in [5, 5.41) is 9.72. The van der Waals surface area contributed by atoms with Crippen molar-refractivity contribution < 1.29 is 27.8 Å². The van der Waals surface area contributed by atoms with Crippen LogP contribution in [0.15, 0.2) is 0 Å². The fourth-order valence-corrected chi connectivity index (χ4v) is 1.56. The third kappa shape index (κ3) is 2.42. The van der Waals surface area contributed by atoms with Gasteiger partial charge in [-0.3, -0.25) is 0 Å². The number of carbonyl (C=O) groups is 1. The SMILES string of the molecule is Cc1c(C)c(OC(=O)C(F)(F)F)c(C)c(C)c1O. The lowest BCUT2D eigenvalue weighted by Gasteiger charge is -2.17. The van der Waals surface area contributed by atoms with Crippen LogP contribution >= 0.6 is 0 Å². The number of aromatic hydroxyl groups is 1. The zero-order valence-electron chi connectivity index (χ0n) is 10.4. The maximum atomic E-state index is 12.2. The van der Waals surface area contributed by atoms with Crippen LogP contribution in [0, 0.1) is 27.7 Å². The Morgan fingerprint density at radius 1 is 1.00 bits per heavy atom. The van der Waals surface area contributed by atoms with E-state index in [1.807, 2.05) is 0 Å². The van der Waals surface area contributed by atoms with Gasteiger partial charge in [-0.15, -0.1) is 0 Å². The third-order valence-corrected chi connectivity index (χ3v) is 2.94. The van der Waals surface area contributed by atoms with E-state index in [0.717, 1.165) is 0 Å². The summed E-state index contributed by atoms with van der Waals surface area (Å²) in [6.45, 7) is 6.06. The van der Waals surface area contributed by atoms with Crippen LogP contribution < -0.4 is 4.74 Å². The van der Waals surface area contributed by atoms with Crippen molar-refractivity contribution in [3.05, 3.63) is 22.3 Å². The molecular formula is C12H13F3O3. The molecule has 0 saturated heterocycles. The molecule has 0 atom stereocenters. The number of esters is 1. The number of halogens is 3. The van der Waals surface area contributed by atoms with Gasteiger partial charge in [0.2, 0.25) is 0 Å². The summed E-state index contributed by atoms with van der Waals surface area (Å²) in [5.74, 6) is -2.42. The molecule has 0 aliphatic carbocycles. The molecule has 1 aromatic carbocycles. The predicted octanol–water partition coefficient (Wildman–Crippen LogP) is 3.09. The van der Waals surface area contributed by atoms with Gasteiger partial charge in [-0.1, -0.05) is 0 Å². The van der Waals surface area contributed by atoms with E-state index in [4.69, 9.17) is 0 Å². The van der Waals surface area contributed by atoms with Crippen molar-refractivity contribution in [2.24, 2.45) is 0 Å². The number of benzene rings is 1. The summed E-state index contributed by atoms with van der Waals surface area (Å²) in [6.07, 6.45) is -5.04. The minimum atomic E-state index is -5.04. The molecule has 0 aliphatic heterocycles. The van der Waals surface area contributed by atoms with Crippen LogP contribution in [0.1, 0.15) is 22.3 Å². The van der Waals surface area contributed by atoms with Crippen molar-refractivity contribution in [2.75, 3.05) is 0 Å². The lowest BCUT2D eigenvalue weighted by Crippen LogP contribution is -2.28. The van der Waals surface area contributed by atoms with Crippen molar-refractivity contribution in [1.29, 1.82) is 0 Å². The maximum absolute atomic E-state index is 12.2. The topological polar surface area (TPSA) is 46.5 Å². The molecule has 0 spiro atoms. The van der Waals surface area contributed by atoms with Crippen LogP contribution in [0.2, 0.25) is 0 Å². The Kier molecular flexibility index (Phi) is 3.59. The molecule has 0 radical (unpaired) electrons. The summed E-state index contributed by atoms with van der Waals surface area (Å²) in [7, 11) is 0. The highest BCUT2D eigenvalue weighted by Gasteiger charge is 2.42. The molecule has 0 heterocycles. The summed E-state index contributed by atoms with van der Waals surface area (Å²) in [5.41, 5.74) is 1.41. The van der Waals surface area contributed by atoms with E-state index < -0.39 is 12.1 Å². The molecule has 0 aliphatic rings. The largest absolute Gasteiger partial charge is 0.507 e. The van der Waals surface area contributed by atoms with Crippen molar-refractivity contribution in [1.82, 2.24) is 0 Å². The lowest BCUT2D eigenvalue weighted by molar-refractivity contribution is -0.189. The van der Waals surface area contributed by atoms with E-state index in [1.54, 1.807) is 13.8 Å². The summed E-state index contributed by atoms with van der Waals surface area (Å²) < 4.78 is 40.8. The lowest BCUT2D eigenvalue weighted by atomic mass is 9.98. The predicted molar refractivity (Wildman–Crippen MR) is 58.7 cm³/mol. The highest BCUT2D eigenvalue weighted by atomic mass is 19.4. The van der Waals surface area contributed by atoms with Crippen molar-refractivity contribution >= 4 is 5.97 Å². The van der Waals surface area contributed by atoms with Crippen LogP contribution in [0.4, 0.5) is 13.2 Å². The van der Waals surface area contributed by atoms with Gasteiger partial charge in [0.25, 0.3) is 0 Å². The van der Waals surface area contributed by atoms with Gasteiger partial charge in [0, 0.05) is 0 Å². The molecule has 100 valence electrons. The van der Waals surface area contributed by atoms with Crippen LogP contribution in [-0.4, -0.2) is 17.3 Å². The number of ether oxygens (including phenoxy) is 1. The Labute approximate surface area is 102 Å². The Morgan fingerprint density at radius 2 is 1.39 bits per heavy atom. The van der Waals surface area contributed by atoms with Crippen LogP contribution in [-0.2, 0) is 4.79 Å². The molecule has 0 aromatic heterocycles. The second kappa shape index (κ2) is 4.51. The first-order valence-corrected chi connectivity index (χ1v) is 5.15. The van der Waals surface area contributed by atoms with Gasteiger partial charge in [0.1, 0.15) is 11.5 Å². The molecule has 1 N–H and O–H groups in total. The fraction of sp³-hybridized carbons (Fsp3) is 0.417. The smallest absolute Gasteiger partial charge is 0.491 e. The van der Waals surface area contributed by atoms with Crippen LogP contribution in [0.25, 0.3) is 0 Å². The first-order valence-electron chi connectivity index (χ1n) is 5.15. The van der Waals surface area contributed by atoms with E-state index in [1.165, 1.54) is 13.8 Å². The number of phenols is 1. The van der Waals surface area contributed by atoms with E-state index in [9.17, 15) is 23.1 Å². The van der Waals surface area contributed by atoms with Gasteiger partial charge in [-0.2, -0.15) is 13.2 Å². The maximum Gasteiger partial charge on any atom is 0.491 e. The Bertz CT molecular complexity index is 475. The zero-order chi connectivity index (χ0) is 14.2. The summed E-state index contributed by atoms with van der Waals surface area (Å²) in [4.78, 5) is 10.8. The second-order valence-electron chi connectivity index (χ2n) is 4.07. The molecule has 6 heteroatoms. The number of phenolic OH excluding ortho intramolecular Hbond substituents is 1. The minimum absolute atomic E-state index is 0.00296. The monoisotopic (exact) mass is 262 g/mol. The van der Waals surface area contributed by atoms with Crippen LogP contribution in [0.3, 0.4) is 0 Å². The standard InChI is InChI=1S/C12H13F3O3/c1-5-7(3)10(8(4)6(2)9(5)16)18-11(17)12(13,14)15/h16H,1-4H3. The molecule has 0 unspecified atom stereocenters. The number of carbonyl (C=O) groups excluding carboxylic acids is 1. The van der Waals surface area contributed by atoms with Gasteiger partial charge in [0.15, 0.2) is 0 Å². The van der Waals surface area contributed by atoms with Gasteiger partial charge in [0.05, 0.1) is 0 Å². The third-order valence-electron chi connectivity index (χ3n) is 2.94. The van der Waals surface area contributed by atoms with Gasteiger partial charge < -0.3 is 9.84 Å². The zero-order valence-corrected chi connectivity index (χ0v) is 10.4. The van der Waals surface area contributed by atoms with E-state index in [-0.39, 0.29) is 11.5 Å². The van der Waals surface area contributed by atoms with Gasteiger partial charge in [-0.25, -0.2) is 4.79 Å². The molecule has 0 amide bonds. The molecular weight excluding hydrogens is 249 g/mol. The van der Waals surface area contributed by atoms with E-state index in [2.05, 4.69) is 4.74 Å². The quantitative estimate of drug-likeness (QED) is 0.625. The Morgan fingerprint density at radius 3 is 1.72 bits per heavy atom. The number of alkyl halides is 3. The first-order chi connectivity index (χ1) is 8.07. The van der Waals surface area contributed by atoms with Crippen molar-refractivity contribution in [2.45, 2.75) is 33.9 Å². The minimum Gasteiger partial charge on any atom is -0.507 e. The van der Waals surface area contributed by atoms with E-state index >= 15 is 0 Å². The normalized spacial score (nSPS) is 11.5. The van der Waals surface area contributed by atoms with Crippen molar-refractivity contribution in [3.8, 4) is 11.5 Å². The highest BCUT2D eigenvalue weighted by molar-refractivity contribution is 5.79. The molecule has 0 saturated carbocycles. The summed E-state index contributed by atoms with van der Waals surface area (Å²) in [6, 6.07) is 0. The Hall–Kier alpha value is -1.72. The van der Waals surface area contributed by atoms with Gasteiger partial charge in [-0.05, 0) is 49.9 Å². The number of hydrogen-bond donors (Lipinski definition) is 1. The Balaban J connectivity index is 3.31. The summed E-state index contributed by atoms with van der Waals surface area (Å²) >= 11 is 0. The average Bonchev–Trinajstić information content (AvgIpc) is 2.28.